The molecule has 114 valence electrons. The van der Waals surface area contributed by atoms with Crippen molar-refractivity contribution >= 4 is 17.5 Å². The Hall–Kier alpha value is -1.82. The second-order valence-corrected chi connectivity index (χ2v) is 5.54. The average Bonchev–Trinajstić information content (AvgIpc) is 2.89. The van der Waals surface area contributed by atoms with Gasteiger partial charge in [-0.1, -0.05) is 0 Å². The highest BCUT2D eigenvalue weighted by Gasteiger charge is 2.31. The summed E-state index contributed by atoms with van der Waals surface area (Å²) in [4.78, 5) is 15.3. The van der Waals surface area contributed by atoms with Crippen molar-refractivity contribution in [3.8, 4) is 0 Å². The lowest BCUT2D eigenvalue weighted by Crippen LogP contribution is -2.30. The van der Waals surface area contributed by atoms with Crippen molar-refractivity contribution in [2.24, 2.45) is 5.73 Å². The number of hydrogen-bond donors (Lipinski definition) is 1. The van der Waals surface area contributed by atoms with Crippen molar-refractivity contribution in [2.75, 3.05) is 36.0 Å². The zero-order valence-corrected chi connectivity index (χ0v) is 11.9. The summed E-state index contributed by atoms with van der Waals surface area (Å²) in [7, 11) is 0. The van der Waals surface area contributed by atoms with E-state index < -0.39 is 6.09 Å². The highest BCUT2D eigenvalue weighted by atomic mass is 19.1. The Bertz CT molecular complexity index is 532. The molecule has 2 saturated heterocycles. The first kappa shape index (κ1) is 14.1. The molecule has 0 spiro atoms. The van der Waals surface area contributed by atoms with E-state index in [2.05, 4.69) is 4.90 Å². The summed E-state index contributed by atoms with van der Waals surface area (Å²) < 4.78 is 19.4. The maximum Gasteiger partial charge on any atom is 0.414 e. The zero-order chi connectivity index (χ0) is 14.8. The van der Waals surface area contributed by atoms with Crippen molar-refractivity contribution < 1.29 is 13.9 Å². The second-order valence-electron chi connectivity index (χ2n) is 5.54. The van der Waals surface area contributed by atoms with Gasteiger partial charge in [-0.3, -0.25) is 4.90 Å². The van der Waals surface area contributed by atoms with Crippen LogP contribution in [-0.2, 0) is 4.74 Å². The topological polar surface area (TPSA) is 58.8 Å². The van der Waals surface area contributed by atoms with Crippen LogP contribution in [0.5, 0.6) is 0 Å². The minimum absolute atomic E-state index is 0.274. The summed E-state index contributed by atoms with van der Waals surface area (Å²) in [5.41, 5.74) is 6.64. The molecule has 1 aromatic carbocycles. The summed E-state index contributed by atoms with van der Waals surface area (Å²) in [5, 5.41) is 0. The Morgan fingerprint density at radius 2 is 2.05 bits per heavy atom. The second kappa shape index (κ2) is 5.89. The van der Waals surface area contributed by atoms with Gasteiger partial charge in [0.2, 0.25) is 0 Å². The molecule has 2 N–H and O–H groups in total. The van der Waals surface area contributed by atoms with E-state index in [1.54, 1.807) is 12.1 Å². The third kappa shape index (κ3) is 2.81. The Morgan fingerprint density at radius 1 is 1.29 bits per heavy atom. The van der Waals surface area contributed by atoms with E-state index in [1.807, 2.05) is 0 Å². The monoisotopic (exact) mass is 293 g/mol. The molecule has 6 heteroatoms. The van der Waals surface area contributed by atoms with Crippen LogP contribution >= 0.6 is 0 Å². The van der Waals surface area contributed by atoms with Gasteiger partial charge in [-0.05, 0) is 37.5 Å². The van der Waals surface area contributed by atoms with E-state index in [0.717, 1.165) is 25.9 Å². The van der Waals surface area contributed by atoms with Gasteiger partial charge >= 0.3 is 6.09 Å². The molecule has 1 atom stereocenters. The van der Waals surface area contributed by atoms with E-state index in [4.69, 9.17) is 10.5 Å². The number of benzene rings is 1. The zero-order valence-electron chi connectivity index (χ0n) is 11.9. The number of nitrogens with two attached hydrogens (primary N) is 1. The molecule has 2 aliphatic rings. The molecular weight excluding hydrogens is 273 g/mol. The number of cyclic esters (lactones) is 1. The fourth-order valence-corrected chi connectivity index (χ4v) is 2.91. The molecule has 1 aromatic rings. The Kier molecular flexibility index (Phi) is 3.96. The third-order valence-electron chi connectivity index (χ3n) is 4.08. The van der Waals surface area contributed by atoms with Gasteiger partial charge in [0.25, 0.3) is 0 Å². The van der Waals surface area contributed by atoms with Gasteiger partial charge in [-0.25, -0.2) is 9.18 Å². The van der Waals surface area contributed by atoms with E-state index in [-0.39, 0.29) is 18.5 Å². The molecule has 0 aliphatic carbocycles. The van der Waals surface area contributed by atoms with Crippen LogP contribution in [0.2, 0.25) is 0 Å². The van der Waals surface area contributed by atoms with Gasteiger partial charge in [0.15, 0.2) is 0 Å². The van der Waals surface area contributed by atoms with Gasteiger partial charge in [0.1, 0.15) is 11.9 Å². The fraction of sp³-hybridized carbons (Fsp3) is 0.533. The van der Waals surface area contributed by atoms with Crippen LogP contribution < -0.4 is 15.5 Å². The maximum atomic E-state index is 14.3. The fourth-order valence-electron chi connectivity index (χ4n) is 2.91. The van der Waals surface area contributed by atoms with E-state index in [1.165, 1.54) is 17.4 Å². The van der Waals surface area contributed by atoms with Gasteiger partial charge in [-0.2, -0.15) is 0 Å². The van der Waals surface area contributed by atoms with Crippen LogP contribution in [0.3, 0.4) is 0 Å². The Balaban J connectivity index is 1.79. The lowest BCUT2D eigenvalue weighted by Gasteiger charge is -2.29. The molecule has 1 unspecified atom stereocenters. The number of carbonyl (C=O) groups is 1. The first-order chi connectivity index (χ1) is 10.2. The third-order valence-corrected chi connectivity index (χ3v) is 4.08. The van der Waals surface area contributed by atoms with Gasteiger partial charge in [0.05, 0.1) is 17.9 Å². The predicted molar refractivity (Wildman–Crippen MR) is 79.1 cm³/mol. The molecule has 0 bridgehead atoms. The van der Waals surface area contributed by atoms with Crippen LogP contribution in [0.1, 0.15) is 19.3 Å². The Labute approximate surface area is 123 Å². The van der Waals surface area contributed by atoms with Crippen molar-refractivity contribution in [2.45, 2.75) is 25.4 Å². The van der Waals surface area contributed by atoms with Crippen LogP contribution in [0.15, 0.2) is 18.2 Å². The highest BCUT2D eigenvalue weighted by molar-refractivity contribution is 5.90. The minimum atomic E-state index is -0.462. The van der Waals surface area contributed by atoms with Crippen LogP contribution in [0, 0.1) is 5.82 Å². The van der Waals surface area contributed by atoms with Crippen molar-refractivity contribution in [3.05, 3.63) is 24.0 Å². The molecule has 2 fully saturated rings. The van der Waals surface area contributed by atoms with E-state index in [0.29, 0.717) is 17.9 Å². The molecular formula is C15H20FN3O2. The van der Waals surface area contributed by atoms with E-state index in [9.17, 15) is 9.18 Å². The molecule has 0 radical (unpaired) electrons. The number of anilines is 2. The van der Waals surface area contributed by atoms with Crippen molar-refractivity contribution in [1.82, 2.24) is 0 Å². The van der Waals surface area contributed by atoms with Gasteiger partial charge in [0, 0.05) is 19.6 Å². The highest BCUT2D eigenvalue weighted by Crippen LogP contribution is 2.29. The molecule has 0 saturated carbocycles. The summed E-state index contributed by atoms with van der Waals surface area (Å²) in [6.45, 7) is 2.42. The lowest BCUT2D eigenvalue weighted by atomic mass is 10.1. The average molecular weight is 293 g/mol. The number of nitrogens with zero attached hydrogens (tertiary/aromatic N) is 2. The summed E-state index contributed by atoms with van der Waals surface area (Å²) in [6, 6.07) is 4.93. The quantitative estimate of drug-likeness (QED) is 0.927. The molecule has 0 aromatic heterocycles. The van der Waals surface area contributed by atoms with E-state index >= 15 is 0 Å². The number of piperidine rings is 1. The number of amides is 1. The van der Waals surface area contributed by atoms with Crippen LogP contribution in [0.25, 0.3) is 0 Å². The van der Waals surface area contributed by atoms with Gasteiger partial charge < -0.3 is 15.4 Å². The molecule has 21 heavy (non-hydrogen) atoms. The number of ether oxygens (including phenoxy) is 1. The summed E-state index contributed by atoms with van der Waals surface area (Å²) in [5.74, 6) is -0.293. The maximum absolute atomic E-state index is 14.3. The Morgan fingerprint density at radius 3 is 2.67 bits per heavy atom. The largest absolute Gasteiger partial charge is 0.443 e. The number of halogens is 1. The number of carbonyl (C=O) groups excluding carboxylic acids is 1. The minimum Gasteiger partial charge on any atom is -0.443 e. The van der Waals surface area contributed by atoms with Gasteiger partial charge in [-0.15, -0.1) is 0 Å². The smallest absolute Gasteiger partial charge is 0.414 e. The first-order valence-corrected chi connectivity index (χ1v) is 7.42. The molecule has 1 amide bonds. The molecule has 2 aliphatic heterocycles. The predicted octanol–water partition coefficient (Wildman–Crippen LogP) is 2.10. The SMILES string of the molecule is NCC1CN(c2ccc(N3CCCCC3)c(F)c2)C(=O)O1. The lowest BCUT2D eigenvalue weighted by molar-refractivity contribution is 0.145. The molecule has 3 rings (SSSR count). The summed E-state index contributed by atoms with van der Waals surface area (Å²) in [6.07, 6.45) is 2.62. The van der Waals surface area contributed by atoms with Crippen LogP contribution in [0.4, 0.5) is 20.6 Å². The number of rotatable bonds is 3. The van der Waals surface area contributed by atoms with Crippen molar-refractivity contribution in [3.63, 3.8) is 0 Å². The van der Waals surface area contributed by atoms with Crippen molar-refractivity contribution in [1.29, 1.82) is 0 Å². The first-order valence-electron chi connectivity index (χ1n) is 7.42. The standard InChI is InChI=1S/C15H20FN3O2/c16-13-8-11(19-10-12(9-17)21-15(19)20)4-5-14(13)18-6-2-1-3-7-18/h4-5,8,12H,1-3,6-7,9-10,17H2. The normalized spacial score (nSPS) is 22.6. The summed E-state index contributed by atoms with van der Waals surface area (Å²) >= 11 is 0. The molecule has 2 heterocycles. The number of hydrogen-bond acceptors (Lipinski definition) is 4. The van der Waals surface area contributed by atoms with Crippen LogP contribution in [-0.4, -0.2) is 38.4 Å². The molecule has 5 nitrogen and oxygen atoms in total.